The van der Waals surface area contributed by atoms with Crippen molar-refractivity contribution in [3.63, 3.8) is 0 Å². The summed E-state index contributed by atoms with van der Waals surface area (Å²) in [7, 11) is 0. The minimum absolute atomic E-state index is 0.502. The molecule has 62 valence electrons. The van der Waals surface area contributed by atoms with Crippen molar-refractivity contribution in [1.29, 1.82) is 0 Å². The minimum atomic E-state index is 0.502. The van der Waals surface area contributed by atoms with E-state index in [9.17, 15) is 0 Å². The first-order valence-corrected chi connectivity index (χ1v) is 6.28. The number of nitrogens with zero attached hydrogens (tertiary/aromatic N) is 2. The van der Waals surface area contributed by atoms with Gasteiger partial charge in [-0.25, -0.2) is 0 Å². The Morgan fingerprint density at radius 3 is 2.73 bits per heavy atom. The summed E-state index contributed by atoms with van der Waals surface area (Å²) >= 11 is 0.502. The van der Waals surface area contributed by atoms with E-state index in [1.54, 1.807) is 0 Å². The van der Waals surface area contributed by atoms with Crippen molar-refractivity contribution in [3.8, 4) is 0 Å². The van der Waals surface area contributed by atoms with E-state index < -0.39 is 0 Å². The van der Waals surface area contributed by atoms with E-state index in [4.69, 9.17) is 0 Å². The van der Waals surface area contributed by atoms with Gasteiger partial charge in [0.2, 0.25) is 0 Å². The molecule has 2 rings (SSSR count). The molecule has 2 aliphatic rings. The summed E-state index contributed by atoms with van der Waals surface area (Å²) in [6.45, 7) is 0. The molecule has 0 N–H and O–H groups in total. The third-order valence-corrected chi connectivity index (χ3v) is 4.66. The van der Waals surface area contributed by atoms with Gasteiger partial charge in [-0.05, 0) is 0 Å². The molecule has 1 heterocycles. The number of hydrogen-bond donors (Lipinski definition) is 0. The summed E-state index contributed by atoms with van der Waals surface area (Å²) < 4.78 is 4.20. The van der Waals surface area contributed by atoms with E-state index in [0.717, 1.165) is 4.82 Å². The van der Waals surface area contributed by atoms with Crippen LogP contribution in [0, 0.1) is 0 Å². The standard InChI is InChI=1S/C8H14N2Se/c1-2-4-6-8-7(5-3-1)9-10-11-8/h7-8H,1-6H2. The van der Waals surface area contributed by atoms with Crippen molar-refractivity contribution < 1.29 is 0 Å². The molecule has 2 atom stereocenters. The molecule has 1 aliphatic carbocycles. The van der Waals surface area contributed by atoms with Gasteiger partial charge in [0.1, 0.15) is 0 Å². The molecule has 1 fully saturated rings. The molecule has 0 bridgehead atoms. The molecule has 0 aromatic heterocycles. The van der Waals surface area contributed by atoms with Gasteiger partial charge >= 0.3 is 73.8 Å². The quantitative estimate of drug-likeness (QED) is 0.557. The maximum atomic E-state index is 4.31. The van der Waals surface area contributed by atoms with Crippen LogP contribution in [0.2, 0.25) is 4.82 Å². The van der Waals surface area contributed by atoms with Gasteiger partial charge in [-0.2, -0.15) is 0 Å². The normalized spacial score (nSPS) is 37.8. The first-order valence-electron chi connectivity index (χ1n) is 4.53. The van der Waals surface area contributed by atoms with Crippen LogP contribution in [0.5, 0.6) is 0 Å². The van der Waals surface area contributed by atoms with Crippen molar-refractivity contribution in [3.05, 3.63) is 0 Å². The third kappa shape index (κ3) is 1.82. The summed E-state index contributed by atoms with van der Waals surface area (Å²) in [6.07, 6.45) is 8.39. The van der Waals surface area contributed by atoms with Gasteiger partial charge in [0, 0.05) is 0 Å². The van der Waals surface area contributed by atoms with Crippen LogP contribution in [0.1, 0.15) is 38.5 Å². The Kier molecular flexibility index (Phi) is 2.59. The molecule has 1 aliphatic heterocycles. The van der Waals surface area contributed by atoms with Crippen LogP contribution in [-0.4, -0.2) is 21.2 Å². The summed E-state index contributed by atoms with van der Waals surface area (Å²) in [5.41, 5.74) is 0. The van der Waals surface area contributed by atoms with Crippen LogP contribution in [0.4, 0.5) is 0 Å². The predicted molar refractivity (Wildman–Crippen MR) is 45.9 cm³/mol. The van der Waals surface area contributed by atoms with E-state index >= 15 is 0 Å². The average Bonchev–Trinajstić information content (AvgIpc) is 2.35. The van der Waals surface area contributed by atoms with Gasteiger partial charge in [0.05, 0.1) is 0 Å². The Hall–Kier alpha value is 0.119. The van der Waals surface area contributed by atoms with E-state index in [2.05, 4.69) is 9.24 Å². The topological polar surface area (TPSA) is 24.7 Å². The molecule has 0 radical (unpaired) electrons. The molecule has 0 amide bonds. The monoisotopic (exact) mass is 218 g/mol. The fourth-order valence-electron chi connectivity index (χ4n) is 1.83. The Morgan fingerprint density at radius 2 is 1.82 bits per heavy atom. The van der Waals surface area contributed by atoms with Crippen LogP contribution in [0.25, 0.3) is 0 Å². The molecule has 0 saturated heterocycles. The summed E-state index contributed by atoms with van der Waals surface area (Å²) in [4.78, 5) is 0.878. The Labute approximate surface area is 74.2 Å². The molecular weight excluding hydrogens is 203 g/mol. The molecule has 11 heavy (non-hydrogen) atoms. The van der Waals surface area contributed by atoms with Crippen molar-refractivity contribution >= 4 is 15.2 Å². The first kappa shape index (κ1) is 7.75. The third-order valence-electron chi connectivity index (χ3n) is 2.55. The zero-order valence-electron chi connectivity index (χ0n) is 6.70. The van der Waals surface area contributed by atoms with Crippen molar-refractivity contribution in [1.82, 2.24) is 0 Å². The SMILES string of the molecule is C1CCCC2[Se]N=NC2CC1. The van der Waals surface area contributed by atoms with Gasteiger partial charge in [-0.1, -0.05) is 0 Å². The van der Waals surface area contributed by atoms with E-state index in [0.29, 0.717) is 21.2 Å². The van der Waals surface area contributed by atoms with Gasteiger partial charge in [0.25, 0.3) is 0 Å². The summed E-state index contributed by atoms with van der Waals surface area (Å²) in [5.74, 6) is 0. The van der Waals surface area contributed by atoms with Gasteiger partial charge in [0.15, 0.2) is 0 Å². The maximum absolute atomic E-state index is 4.31. The second-order valence-corrected chi connectivity index (χ2v) is 5.46. The Morgan fingerprint density at radius 1 is 1.00 bits per heavy atom. The fourth-order valence-corrected chi connectivity index (χ4v) is 3.72. The second-order valence-electron chi connectivity index (χ2n) is 3.40. The number of rotatable bonds is 0. The molecule has 1 saturated carbocycles. The zero-order valence-corrected chi connectivity index (χ0v) is 8.41. The van der Waals surface area contributed by atoms with E-state index in [1.807, 2.05) is 0 Å². The number of hydrogen-bond acceptors (Lipinski definition) is 2. The molecule has 0 aromatic rings. The molecular formula is C8H14N2Se. The average molecular weight is 217 g/mol. The van der Waals surface area contributed by atoms with E-state index in [1.165, 1.54) is 38.5 Å². The predicted octanol–water partition coefficient (Wildman–Crippen LogP) is 2.58. The molecule has 0 spiro atoms. The fraction of sp³-hybridized carbons (Fsp3) is 1.00. The molecule has 2 unspecified atom stereocenters. The van der Waals surface area contributed by atoms with Crippen LogP contribution in [0.15, 0.2) is 9.24 Å². The molecule has 0 aromatic carbocycles. The van der Waals surface area contributed by atoms with Gasteiger partial charge < -0.3 is 0 Å². The summed E-state index contributed by atoms with van der Waals surface area (Å²) in [5, 5.41) is 4.31. The van der Waals surface area contributed by atoms with Crippen molar-refractivity contribution in [2.24, 2.45) is 9.24 Å². The Bertz CT molecular complexity index is 158. The van der Waals surface area contributed by atoms with Gasteiger partial charge in [-0.15, -0.1) is 0 Å². The second kappa shape index (κ2) is 3.68. The Balaban J connectivity index is 1.93. The van der Waals surface area contributed by atoms with Crippen LogP contribution >= 0.6 is 0 Å². The van der Waals surface area contributed by atoms with Crippen LogP contribution in [0.3, 0.4) is 0 Å². The number of fused-ring (bicyclic) bond motifs is 1. The molecule has 2 nitrogen and oxygen atoms in total. The van der Waals surface area contributed by atoms with E-state index in [-0.39, 0.29) is 0 Å². The van der Waals surface area contributed by atoms with Crippen LogP contribution < -0.4 is 0 Å². The zero-order chi connectivity index (χ0) is 7.52. The molecule has 3 heteroatoms. The van der Waals surface area contributed by atoms with Gasteiger partial charge in [-0.3, -0.25) is 0 Å². The van der Waals surface area contributed by atoms with Crippen LogP contribution in [-0.2, 0) is 0 Å². The van der Waals surface area contributed by atoms with Crippen molar-refractivity contribution in [2.45, 2.75) is 49.4 Å². The summed E-state index contributed by atoms with van der Waals surface area (Å²) in [6, 6.07) is 0.635. The first-order chi connectivity index (χ1) is 5.47. The van der Waals surface area contributed by atoms with Crippen molar-refractivity contribution in [2.75, 3.05) is 0 Å².